The van der Waals surface area contributed by atoms with Crippen molar-refractivity contribution >= 4 is 5.78 Å². The van der Waals surface area contributed by atoms with Crippen molar-refractivity contribution in [2.24, 2.45) is 5.73 Å². The van der Waals surface area contributed by atoms with Crippen molar-refractivity contribution in [3.63, 3.8) is 0 Å². The van der Waals surface area contributed by atoms with Crippen molar-refractivity contribution in [1.29, 1.82) is 0 Å². The van der Waals surface area contributed by atoms with Crippen molar-refractivity contribution in [2.75, 3.05) is 6.54 Å². The first-order valence-corrected chi connectivity index (χ1v) is 6.27. The number of Topliss-reactive ketones (excluding diaryl/α,β-unsaturated/α-hetero) is 1. The number of carbonyl (C=O) groups excluding carboxylic acids is 1. The lowest BCUT2D eigenvalue weighted by Crippen LogP contribution is -2.06. The second-order valence-corrected chi connectivity index (χ2v) is 4.35. The summed E-state index contributed by atoms with van der Waals surface area (Å²) < 4.78 is 0. The van der Waals surface area contributed by atoms with E-state index >= 15 is 0 Å². The Bertz CT molecular complexity index is 221. The number of hydrogen-bond donors (Lipinski definition) is 1. The molecule has 0 aromatic carbocycles. The zero-order valence-electron chi connectivity index (χ0n) is 9.63. The molecule has 0 saturated carbocycles. The Kier molecular flexibility index (Phi) is 6.33. The summed E-state index contributed by atoms with van der Waals surface area (Å²) in [5.74, 6) is 0.366. The minimum absolute atomic E-state index is 0.366. The fraction of sp³-hybridized carbons (Fsp3) is 0.769. The number of carbonyl (C=O) groups is 1. The molecule has 2 N–H and O–H groups in total. The summed E-state index contributed by atoms with van der Waals surface area (Å²) >= 11 is 0. The van der Waals surface area contributed by atoms with Gasteiger partial charge >= 0.3 is 0 Å². The lowest BCUT2D eigenvalue weighted by Gasteiger charge is -2.10. The quantitative estimate of drug-likeness (QED) is 0.707. The Balaban J connectivity index is 2.34. The average molecular weight is 209 g/mol. The molecular weight excluding hydrogens is 186 g/mol. The third kappa shape index (κ3) is 5.12. The average Bonchev–Trinajstić information content (AvgIpc) is 2.17. The molecule has 15 heavy (non-hydrogen) atoms. The van der Waals surface area contributed by atoms with Crippen molar-refractivity contribution in [2.45, 2.75) is 57.8 Å². The number of ketones is 1. The van der Waals surface area contributed by atoms with E-state index in [0.717, 1.165) is 31.3 Å². The highest BCUT2D eigenvalue weighted by Gasteiger charge is 2.10. The highest BCUT2D eigenvalue weighted by atomic mass is 16.1. The van der Waals surface area contributed by atoms with Crippen LogP contribution in [-0.4, -0.2) is 12.3 Å². The van der Waals surface area contributed by atoms with Crippen LogP contribution in [0.2, 0.25) is 0 Å². The van der Waals surface area contributed by atoms with Gasteiger partial charge in [-0.05, 0) is 50.6 Å². The molecule has 0 aromatic rings. The molecule has 2 nitrogen and oxygen atoms in total. The van der Waals surface area contributed by atoms with Crippen LogP contribution < -0.4 is 5.73 Å². The van der Waals surface area contributed by atoms with E-state index in [9.17, 15) is 4.79 Å². The van der Waals surface area contributed by atoms with Gasteiger partial charge in [0.15, 0.2) is 5.78 Å². The van der Waals surface area contributed by atoms with Gasteiger partial charge in [0, 0.05) is 6.42 Å². The van der Waals surface area contributed by atoms with Gasteiger partial charge in [0.05, 0.1) is 0 Å². The molecule has 0 bridgehead atoms. The molecule has 1 rings (SSSR count). The predicted molar refractivity (Wildman–Crippen MR) is 63.7 cm³/mol. The van der Waals surface area contributed by atoms with Gasteiger partial charge in [0.25, 0.3) is 0 Å². The second kappa shape index (κ2) is 7.63. The van der Waals surface area contributed by atoms with Gasteiger partial charge in [-0.1, -0.05) is 18.9 Å². The Morgan fingerprint density at radius 1 is 1.20 bits per heavy atom. The van der Waals surface area contributed by atoms with Gasteiger partial charge in [0.1, 0.15) is 0 Å². The van der Waals surface area contributed by atoms with Crippen LogP contribution in [0.3, 0.4) is 0 Å². The molecule has 0 radical (unpaired) electrons. The Hall–Kier alpha value is -0.630. The van der Waals surface area contributed by atoms with E-state index in [1.165, 1.54) is 25.7 Å². The molecular formula is C13H23NO. The van der Waals surface area contributed by atoms with E-state index in [4.69, 9.17) is 5.73 Å². The number of rotatable bonds is 5. The minimum atomic E-state index is 0.366. The fourth-order valence-corrected chi connectivity index (χ4v) is 2.04. The SMILES string of the molecule is NCCCCC(=O)C1=CCCCCCC1. The maximum atomic E-state index is 11.8. The fourth-order valence-electron chi connectivity index (χ4n) is 2.04. The number of unbranched alkanes of at least 4 members (excludes halogenated alkanes) is 1. The highest BCUT2D eigenvalue weighted by Crippen LogP contribution is 2.19. The Labute approximate surface area is 92.9 Å². The van der Waals surface area contributed by atoms with Crippen LogP contribution in [0.4, 0.5) is 0 Å². The number of allylic oxidation sites excluding steroid dienone is 2. The largest absolute Gasteiger partial charge is 0.330 e. The van der Waals surface area contributed by atoms with E-state index in [0.29, 0.717) is 18.7 Å². The standard InChI is InChI=1S/C13H23NO/c14-11-7-6-10-13(15)12-8-4-2-1-3-5-9-12/h8H,1-7,9-11,14H2. The van der Waals surface area contributed by atoms with Crippen LogP contribution in [0.25, 0.3) is 0 Å². The molecule has 86 valence electrons. The molecule has 0 fully saturated rings. The molecule has 0 aromatic heterocycles. The van der Waals surface area contributed by atoms with Crippen molar-refractivity contribution in [3.8, 4) is 0 Å². The maximum absolute atomic E-state index is 11.8. The predicted octanol–water partition coefficient (Wildman–Crippen LogP) is 2.97. The summed E-state index contributed by atoms with van der Waals surface area (Å²) in [6.45, 7) is 0.701. The zero-order chi connectivity index (χ0) is 10.9. The zero-order valence-corrected chi connectivity index (χ0v) is 9.63. The highest BCUT2D eigenvalue weighted by molar-refractivity contribution is 5.95. The Morgan fingerprint density at radius 2 is 2.00 bits per heavy atom. The lowest BCUT2D eigenvalue weighted by molar-refractivity contribution is -0.115. The summed E-state index contributed by atoms with van der Waals surface area (Å²) in [5, 5.41) is 0. The first kappa shape index (κ1) is 12.4. The van der Waals surface area contributed by atoms with Crippen LogP contribution in [0.1, 0.15) is 57.8 Å². The topological polar surface area (TPSA) is 43.1 Å². The van der Waals surface area contributed by atoms with Gasteiger partial charge in [-0.15, -0.1) is 0 Å². The van der Waals surface area contributed by atoms with Crippen molar-refractivity contribution in [1.82, 2.24) is 0 Å². The van der Waals surface area contributed by atoms with Crippen molar-refractivity contribution in [3.05, 3.63) is 11.6 Å². The molecule has 0 aliphatic heterocycles. The molecule has 0 spiro atoms. The molecule has 1 aliphatic rings. The Morgan fingerprint density at radius 3 is 2.80 bits per heavy atom. The smallest absolute Gasteiger partial charge is 0.158 e. The number of hydrogen-bond acceptors (Lipinski definition) is 2. The monoisotopic (exact) mass is 209 g/mol. The molecule has 2 heteroatoms. The van der Waals surface area contributed by atoms with Crippen LogP contribution >= 0.6 is 0 Å². The van der Waals surface area contributed by atoms with Crippen LogP contribution in [-0.2, 0) is 4.79 Å². The van der Waals surface area contributed by atoms with Gasteiger partial charge in [0.2, 0.25) is 0 Å². The van der Waals surface area contributed by atoms with Crippen LogP contribution in [0, 0.1) is 0 Å². The summed E-state index contributed by atoms with van der Waals surface area (Å²) in [4.78, 5) is 11.8. The van der Waals surface area contributed by atoms with Gasteiger partial charge in [-0.25, -0.2) is 0 Å². The summed E-state index contributed by atoms with van der Waals surface area (Å²) in [7, 11) is 0. The van der Waals surface area contributed by atoms with Crippen LogP contribution in [0.5, 0.6) is 0 Å². The lowest BCUT2D eigenvalue weighted by atomic mass is 9.95. The van der Waals surface area contributed by atoms with E-state index in [-0.39, 0.29) is 0 Å². The normalized spacial score (nSPS) is 17.8. The van der Waals surface area contributed by atoms with Gasteiger partial charge in [-0.3, -0.25) is 4.79 Å². The number of nitrogens with two attached hydrogens (primary N) is 1. The molecule has 0 amide bonds. The molecule has 0 saturated heterocycles. The minimum Gasteiger partial charge on any atom is -0.330 e. The van der Waals surface area contributed by atoms with Crippen molar-refractivity contribution < 1.29 is 4.79 Å². The molecule has 0 heterocycles. The molecule has 0 atom stereocenters. The van der Waals surface area contributed by atoms with Gasteiger partial charge in [-0.2, -0.15) is 0 Å². The first-order valence-electron chi connectivity index (χ1n) is 6.27. The summed E-state index contributed by atoms with van der Waals surface area (Å²) in [6.07, 6.45) is 11.9. The van der Waals surface area contributed by atoms with E-state index in [1.807, 2.05) is 0 Å². The van der Waals surface area contributed by atoms with E-state index in [2.05, 4.69) is 6.08 Å². The van der Waals surface area contributed by atoms with Crippen LogP contribution in [0.15, 0.2) is 11.6 Å². The summed E-state index contributed by atoms with van der Waals surface area (Å²) in [6, 6.07) is 0. The summed E-state index contributed by atoms with van der Waals surface area (Å²) in [5.41, 5.74) is 6.50. The van der Waals surface area contributed by atoms with E-state index < -0.39 is 0 Å². The third-order valence-corrected chi connectivity index (χ3v) is 3.01. The second-order valence-electron chi connectivity index (χ2n) is 4.35. The third-order valence-electron chi connectivity index (χ3n) is 3.01. The maximum Gasteiger partial charge on any atom is 0.158 e. The first-order chi connectivity index (χ1) is 7.34. The van der Waals surface area contributed by atoms with E-state index in [1.54, 1.807) is 0 Å². The molecule has 0 unspecified atom stereocenters. The molecule has 1 aliphatic carbocycles. The van der Waals surface area contributed by atoms with Gasteiger partial charge < -0.3 is 5.73 Å².